The van der Waals surface area contributed by atoms with Crippen LogP contribution >= 0.6 is 0 Å². The Balaban J connectivity index is 2.24. The lowest BCUT2D eigenvalue weighted by molar-refractivity contribution is -0.930. The summed E-state index contributed by atoms with van der Waals surface area (Å²) in [5.41, 5.74) is 1.69. The minimum absolute atomic E-state index is 0.209. The number of hydrogen-bond donors (Lipinski definition) is 0. The maximum Gasteiger partial charge on any atom is 0.121 e. The highest BCUT2D eigenvalue weighted by Gasteiger charge is 2.38. The Labute approximate surface area is 158 Å². The summed E-state index contributed by atoms with van der Waals surface area (Å²) in [5.74, 6) is 0. The van der Waals surface area contributed by atoms with Crippen LogP contribution in [-0.2, 0) is 5.54 Å². The van der Waals surface area contributed by atoms with Gasteiger partial charge in [0.1, 0.15) is 5.54 Å². The van der Waals surface area contributed by atoms with Gasteiger partial charge in [-0.05, 0) is 13.3 Å². The Morgan fingerprint density at radius 3 is 1.56 bits per heavy atom. The van der Waals surface area contributed by atoms with Gasteiger partial charge < -0.3 is 4.48 Å². The van der Waals surface area contributed by atoms with Gasteiger partial charge in [0.15, 0.2) is 0 Å². The normalized spacial score (nSPS) is 14.4. The first-order chi connectivity index (χ1) is 11.9. The summed E-state index contributed by atoms with van der Waals surface area (Å²) in [4.78, 5) is 0. The van der Waals surface area contributed by atoms with Crippen molar-refractivity contribution < 1.29 is 4.48 Å². The molecule has 144 valence electrons. The van der Waals surface area contributed by atoms with Gasteiger partial charge >= 0.3 is 0 Å². The summed E-state index contributed by atoms with van der Waals surface area (Å²) in [6.45, 7) is 4.74. The smallest absolute Gasteiger partial charge is 0.121 e. The zero-order valence-corrected chi connectivity index (χ0v) is 17.8. The van der Waals surface area contributed by atoms with Gasteiger partial charge in [-0.3, -0.25) is 0 Å². The van der Waals surface area contributed by atoms with E-state index in [-0.39, 0.29) is 5.54 Å². The van der Waals surface area contributed by atoms with E-state index in [1.807, 2.05) is 0 Å². The fraction of sp³-hybridized carbons (Fsp3) is 0.750. The van der Waals surface area contributed by atoms with E-state index in [9.17, 15) is 0 Å². The molecule has 0 spiro atoms. The third-order valence-electron chi connectivity index (χ3n) is 6.14. The fourth-order valence-corrected chi connectivity index (χ4v) is 3.80. The van der Waals surface area contributed by atoms with E-state index in [1.54, 1.807) is 0 Å². The Morgan fingerprint density at radius 1 is 0.680 bits per heavy atom. The van der Waals surface area contributed by atoms with Crippen molar-refractivity contribution in [2.24, 2.45) is 0 Å². The molecule has 25 heavy (non-hydrogen) atoms. The van der Waals surface area contributed by atoms with Gasteiger partial charge in [0.2, 0.25) is 0 Å². The second kappa shape index (κ2) is 11.7. The molecule has 1 nitrogen and oxygen atoms in total. The summed E-state index contributed by atoms with van der Waals surface area (Å²) < 4.78 is 0.995. The van der Waals surface area contributed by atoms with Crippen molar-refractivity contribution in [3.63, 3.8) is 0 Å². The highest BCUT2D eigenvalue weighted by Crippen LogP contribution is 2.36. The number of rotatable bonds is 14. The Bertz CT molecular complexity index is 431. The first-order valence-electron chi connectivity index (χ1n) is 10.8. The molecule has 0 aliphatic carbocycles. The summed E-state index contributed by atoms with van der Waals surface area (Å²) in [6, 6.07) is 11.1. The maximum absolute atomic E-state index is 2.44. The zero-order valence-electron chi connectivity index (χ0n) is 17.8. The molecule has 0 heterocycles. The average molecular weight is 347 g/mol. The molecule has 0 amide bonds. The standard InChI is InChI=1S/C24H44N/c1-6-7-8-9-10-11-12-13-14-15-19-22-24(2,25(3,4)5)23-20-17-16-18-21-23/h16-18,20-21H,6-15,19,22H2,1-5H3/q+1. The molecule has 1 aromatic carbocycles. The Hall–Kier alpha value is -0.820. The number of benzene rings is 1. The molecular formula is C24H44N+. The van der Waals surface area contributed by atoms with Crippen molar-refractivity contribution in [2.45, 2.75) is 96.4 Å². The largest absolute Gasteiger partial charge is 0.323 e. The highest BCUT2D eigenvalue weighted by atomic mass is 15.3. The summed E-state index contributed by atoms with van der Waals surface area (Å²) in [6.07, 6.45) is 16.9. The van der Waals surface area contributed by atoms with Gasteiger partial charge in [-0.15, -0.1) is 0 Å². The maximum atomic E-state index is 2.44. The van der Waals surface area contributed by atoms with Gasteiger partial charge in [-0.1, -0.05) is 101 Å². The van der Waals surface area contributed by atoms with E-state index in [0.29, 0.717) is 0 Å². The van der Waals surface area contributed by atoms with Crippen molar-refractivity contribution in [3.8, 4) is 0 Å². The molecule has 1 unspecified atom stereocenters. The molecule has 1 rings (SSSR count). The molecular weight excluding hydrogens is 302 g/mol. The van der Waals surface area contributed by atoms with Gasteiger partial charge in [0.05, 0.1) is 21.1 Å². The van der Waals surface area contributed by atoms with Crippen LogP contribution in [0.25, 0.3) is 0 Å². The van der Waals surface area contributed by atoms with E-state index in [1.165, 1.54) is 82.6 Å². The van der Waals surface area contributed by atoms with Crippen LogP contribution in [0.15, 0.2) is 30.3 Å². The summed E-state index contributed by atoms with van der Waals surface area (Å²) >= 11 is 0. The minimum Gasteiger partial charge on any atom is -0.323 e. The average Bonchev–Trinajstić information content (AvgIpc) is 2.59. The van der Waals surface area contributed by atoms with Crippen LogP contribution in [0, 0.1) is 0 Å². The second-order valence-electron chi connectivity index (χ2n) is 8.94. The molecule has 0 fully saturated rings. The van der Waals surface area contributed by atoms with Gasteiger partial charge in [-0.25, -0.2) is 0 Å². The van der Waals surface area contributed by atoms with Gasteiger partial charge in [0.25, 0.3) is 0 Å². The second-order valence-corrected chi connectivity index (χ2v) is 8.94. The monoisotopic (exact) mass is 346 g/mol. The van der Waals surface area contributed by atoms with Gasteiger partial charge in [0, 0.05) is 12.0 Å². The minimum atomic E-state index is 0.209. The first kappa shape index (κ1) is 22.2. The lowest BCUT2D eigenvalue weighted by atomic mass is 9.83. The first-order valence-corrected chi connectivity index (χ1v) is 10.8. The third-order valence-corrected chi connectivity index (χ3v) is 6.14. The molecule has 0 aliphatic heterocycles. The molecule has 1 heteroatoms. The van der Waals surface area contributed by atoms with E-state index >= 15 is 0 Å². The lowest BCUT2D eigenvalue weighted by Crippen LogP contribution is -2.52. The van der Waals surface area contributed by atoms with Gasteiger partial charge in [-0.2, -0.15) is 0 Å². The van der Waals surface area contributed by atoms with Crippen molar-refractivity contribution in [3.05, 3.63) is 35.9 Å². The topological polar surface area (TPSA) is 0 Å². The van der Waals surface area contributed by atoms with Crippen molar-refractivity contribution >= 4 is 0 Å². The van der Waals surface area contributed by atoms with E-state index < -0.39 is 0 Å². The predicted octanol–water partition coefficient (Wildman–Crippen LogP) is 7.31. The Kier molecular flexibility index (Phi) is 10.4. The SMILES string of the molecule is CCCCCCCCCCCCCC(C)(c1ccccc1)[N+](C)(C)C. The van der Waals surface area contributed by atoms with Crippen molar-refractivity contribution in [1.82, 2.24) is 0 Å². The van der Waals surface area contributed by atoms with Crippen LogP contribution < -0.4 is 0 Å². The molecule has 0 saturated heterocycles. The van der Waals surface area contributed by atoms with Crippen molar-refractivity contribution in [1.29, 1.82) is 0 Å². The number of unbranched alkanes of at least 4 members (excludes halogenated alkanes) is 10. The number of nitrogens with zero attached hydrogens (tertiary/aromatic N) is 1. The number of quaternary nitrogens is 1. The zero-order chi connectivity index (χ0) is 18.6. The molecule has 1 aromatic rings. The van der Waals surface area contributed by atoms with E-state index in [2.05, 4.69) is 65.3 Å². The van der Waals surface area contributed by atoms with Crippen LogP contribution in [0.5, 0.6) is 0 Å². The van der Waals surface area contributed by atoms with Crippen LogP contribution in [0.2, 0.25) is 0 Å². The predicted molar refractivity (Wildman–Crippen MR) is 113 cm³/mol. The third kappa shape index (κ3) is 7.94. The fourth-order valence-electron chi connectivity index (χ4n) is 3.80. The molecule has 1 atom stereocenters. The Morgan fingerprint density at radius 2 is 1.12 bits per heavy atom. The van der Waals surface area contributed by atoms with Crippen molar-refractivity contribution in [2.75, 3.05) is 21.1 Å². The highest BCUT2D eigenvalue weighted by molar-refractivity contribution is 5.21. The van der Waals surface area contributed by atoms with Crippen LogP contribution in [0.1, 0.15) is 96.5 Å². The lowest BCUT2D eigenvalue weighted by Gasteiger charge is -2.44. The van der Waals surface area contributed by atoms with Crippen LogP contribution in [0.4, 0.5) is 0 Å². The molecule has 0 N–H and O–H groups in total. The molecule has 0 saturated carbocycles. The quantitative estimate of drug-likeness (QED) is 0.245. The molecule has 0 bridgehead atoms. The van der Waals surface area contributed by atoms with E-state index in [4.69, 9.17) is 0 Å². The molecule has 0 radical (unpaired) electrons. The van der Waals surface area contributed by atoms with Crippen LogP contribution in [0.3, 0.4) is 0 Å². The summed E-state index contributed by atoms with van der Waals surface area (Å²) in [5, 5.41) is 0. The summed E-state index contributed by atoms with van der Waals surface area (Å²) in [7, 11) is 7.02. The molecule has 0 aliphatic rings. The van der Waals surface area contributed by atoms with E-state index in [0.717, 1.165) is 4.48 Å². The molecule has 0 aromatic heterocycles. The number of hydrogen-bond acceptors (Lipinski definition) is 0. The van der Waals surface area contributed by atoms with Crippen LogP contribution in [-0.4, -0.2) is 25.6 Å².